The number of piperidine rings is 1. The number of nitrogens with zero attached hydrogens (tertiary/aromatic N) is 1. The standard InChI is InChI=1S/C16H18F2N2O2/c17-13-3-1-2-10(15(13)18)8-19-16(22)11-4-7-14(21)20(9-11)12-5-6-12/h1-3,11-12H,4-9H2,(H,19,22)/t11-/m0/s1. The van der Waals surface area contributed by atoms with E-state index in [1.165, 1.54) is 12.1 Å². The molecule has 1 aromatic carbocycles. The summed E-state index contributed by atoms with van der Waals surface area (Å²) in [5.41, 5.74) is 0.124. The number of amides is 2. The molecule has 0 unspecified atom stereocenters. The van der Waals surface area contributed by atoms with Gasteiger partial charge in [0.05, 0.1) is 5.92 Å². The quantitative estimate of drug-likeness (QED) is 0.924. The molecule has 0 radical (unpaired) electrons. The molecule has 1 aliphatic carbocycles. The summed E-state index contributed by atoms with van der Waals surface area (Å²) in [5, 5.41) is 2.65. The number of carbonyl (C=O) groups excluding carboxylic acids is 2. The van der Waals surface area contributed by atoms with E-state index in [4.69, 9.17) is 0 Å². The highest BCUT2D eigenvalue weighted by molar-refractivity contribution is 5.84. The zero-order valence-electron chi connectivity index (χ0n) is 12.1. The Morgan fingerprint density at radius 1 is 1.27 bits per heavy atom. The molecule has 2 aliphatic rings. The molecule has 3 rings (SSSR count). The molecule has 1 N–H and O–H groups in total. The number of hydrogen-bond donors (Lipinski definition) is 1. The fourth-order valence-electron chi connectivity index (χ4n) is 2.84. The van der Waals surface area contributed by atoms with Gasteiger partial charge in [0.25, 0.3) is 0 Å². The molecule has 0 spiro atoms. The molecule has 1 saturated carbocycles. The van der Waals surface area contributed by atoms with Crippen LogP contribution < -0.4 is 5.32 Å². The Balaban J connectivity index is 1.57. The highest BCUT2D eigenvalue weighted by Gasteiger charge is 2.38. The van der Waals surface area contributed by atoms with Crippen molar-refractivity contribution in [1.82, 2.24) is 10.2 Å². The molecule has 2 amide bonds. The van der Waals surface area contributed by atoms with Gasteiger partial charge in [0.1, 0.15) is 0 Å². The van der Waals surface area contributed by atoms with Crippen LogP contribution in [0.5, 0.6) is 0 Å². The summed E-state index contributed by atoms with van der Waals surface area (Å²) < 4.78 is 26.7. The van der Waals surface area contributed by atoms with Crippen molar-refractivity contribution < 1.29 is 18.4 Å². The average molecular weight is 308 g/mol. The van der Waals surface area contributed by atoms with Crippen LogP contribution in [-0.2, 0) is 16.1 Å². The van der Waals surface area contributed by atoms with Gasteiger partial charge in [-0.2, -0.15) is 0 Å². The predicted molar refractivity (Wildman–Crippen MR) is 75.7 cm³/mol. The molecule has 4 nitrogen and oxygen atoms in total. The van der Waals surface area contributed by atoms with Crippen molar-refractivity contribution in [2.75, 3.05) is 6.54 Å². The first kappa shape index (κ1) is 14.9. The maximum atomic E-state index is 13.5. The number of rotatable bonds is 4. The van der Waals surface area contributed by atoms with E-state index in [2.05, 4.69) is 5.32 Å². The van der Waals surface area contributed by atoms with Crippen LogP contribution in [0.25, 0.3) is 0 Å². The van der Waals surface area contributed by atoms with E-state index in [-0.39, 0.29) is 29.8 Å². The van der Waals surface area contributed by atoms with E-state index in [0.29, 0.717) is 25.4 Å². The minimum atomic E-state index is -0.929. The highest BCUT2D eigenvalue weighted by Crippen LogP contribution is 2.31. The van der Waals surface area contributed by atoms with E-state index in [1.807, 2.05) is 0 Å². The summed E-state index contributed by atoms with van der Waals surface area (Å²) in [5.74, 6) is -2.21. The van der Waals surface area contributed by atoms with Crippen LogP contribution in [0.15, 0.2) is 18.2 Å². The minimum Gasteiger partial charge on any atom is -0.352 e. The Morgan fingerprint density at radius 3 is 2.77 bits per heavy atom. The first-order valence-electron chi connectivity index (χ1n) is 7.56. The summed E-state index contributed by atoms with van der Waals surface area (Å²) in [6.45, 7) is 0.386. The lowest BCUT2D eigenvalue weighted by Crippen LogP contribution is -2.46. The molecule has 0 aromatic heterocycles. The second kappa shape index (κ2) is 6.02. The number of halogens is 2. The summed E-state index contributed by atoms with van der Waals surface area (Å²) in [4.78, 5) is 25.8. The van der Waals surface area contributed by atoms with Gasteiger partial charge in [0.15, 0.2) is 11.6 Å². The van der Waals surface area contributed by atoms with Crippen LogP contribution >= 0.6 is 0 Å². The van der Waals surface area contributed by atoms with Gasteiger partial charge < -0.3 is 10.2 Å². The van der Waals surface area contributed by atoms with Crippen molar-refractivity contribution in [3.63, 3.8) is 0 Å². The van der Waals surface area contributed by atoms with Crippen LogP contribution in [0.1, 0.15) is 31.2 Å². The molecular formula is C16H18F2N2O2. The molecule has 1 aromatic rings. The second-order valence-corrected chi connectivity index (χ2v) is 5.94. The summed E-state index contributed by atoms with van der Waals surface area (Å²) in [7, 11) is 0. The lowest BCUT2D eigenvalue weighted by atomic mass is 9.96. The maximum Gasteiger partial charge on any atom is 0.225 e. The predicted octanol–water partition coefficient (Wildman–Crippen LogP) is 1.98. The average Bonchev–Trinajstić information content (AvgIpc) is 3.33. The van der Waals surface area contributed by atoms with E-state index < -0.39 is 11.6 Å². The highest BCUT2D eigenvalue weighted by atomic mass is 19.2. The van der Waals surface area contributed by atoms with Gasteiger partial charge >= 0.3 is 0 Å². The maximum absolute atomic E-state index is 13.5. The van der Waals surface area contributed by atoms with Crippen molar-refractivity contribution in [3.8, 4) is 0 Å². The smallest absolute Gasteiger partial charge is 0.225 e. The molecule has 22 heavy (non-hydrogen) atoms. The largest absolute Gasteiger partial charge is 0.352 e. The van der Waals surface area contributed by atoms with Crippen LogP contribution in [0.2, 0.25) is 0 Å². The molecule has 1 saturated heterocycles. The van der Waals surface area contributed by atoms with E-state index in [0.717, 1.165) is 18.9 Å². The number of hydrogen-bond acceptors (Lipinski definition) is 2. The fourth-order valence-corrected chi connectivity index (χ4v) is 2.84. The van der Waals surface area contributed by atoms with Gasteiger partial charge in [-0.05, 0) is 25.3 Å². The third kappa shape index (κ3) is 3.10. The topological polar surface area (TPSA) is 49.4 Å². The zero-order chi connectivity index (χ0) is 15.7. The van der Waals surface area contributed by atoms with Crippen LogP contribution in [0.3, 0.4) is 0 Å². The Hall–Kier alpha value is -1.98. The van der Waals surface area contributed by atoms with Gasteiger partial charge in [-0.3, -0.25) is 9.59 Å². The van der Waals surface area contributed by atoms with Gasteiger partial charge in [-0.15, -0.1) is 0 Å². The van der Waals surface area contributed by atoms with E-state index in [1.54, 1.807) is 4.90 Å². The SMILES string of the molecule is O=C(NCc1cccc(F)c1F)[C@H]1CCC(=O)N(C2CC2)C1. The molecular weight excluding hydrogens is 290 g/mol. The lowest BCUT2D eigenvalue weighted by molar-refractivity contribution is -0.138. The zero-order valence-corrected chi connectivity index (χ0v) is 12.1. The third-order valence-electron chi connectivity index (χ3n) is 4.29. The van der Waals surface area contributed by atoms with E-state index >= 15 is 0 Å². The molecule has 1 atom stereocenters. The van der Waals surface area contributed by atoms with Gasteiger partial charge in [0.2, 0.25) is 11.8 Å². The second-order valence-electron chi connectivity index (χ2n) is 5.94. The first-order chi connectivity index (χ1) is 10.6. The number of carbonyl (C=O) groups is 2. The van der Waals surface area contributed by atoms with Crippen molar-refractivity contribution in [2.24, 2.45) is 5.92 Å². The third-order valence-corrected chi connectivity index (χ3v) is 4.29. The minimum absolute atomic E-state index is 0.0453. The summed E-state index contributed by atoms with van der Waals surface area (Å²) >= 11 is 0. The monoisotopic (exact) mass is 308 g/mol. The summed E-state index contributed by atoms with van der Waals surface area (Å²) in [6.07, 6.45) is 2.91. The molecule has 118 valence electrons. The van der Waals surface area contributed by atoms with Crippen molar-refractivity contribution in [2.45, 2.75) is 38.3 Å². The molecule has 0 bridgehead atoms. The summed E-state index contributed by atoms with van der Waals surface area (Å²) in [6, 6.07) is 4.19. The normalized spacial score (nSPS) is 21.8. The lowest BCUT2D eigenvalue weighted by Gasteiger charge is -2.32. The van der Waals surface area contributed by atoms with Crippen LogP contribution in [0, 0.1) is 17.6 Å². The fraction of sp³-hybridized carbons (Fsp3) is 0.500. The van der Waals surface area contributed by atoms with Crippen molar-refractivity contribution >= 4 is 11.8 Å². The molecule has 2 fully saturated rings. The Bertz CT molecular complexity index is 602. The number of likely N-dealkylation sites (tertiary alicyclic amines) is 1. The van der Waals surface area contributed by atoms with Crippen LogP contribution in [0.4, 0.5) is 8.78 Å². The molecule has 1 heterocycles. The molecule has 6 heteroatoms. The van der Waals surface area contributed by atoms with Gasteiger partial charge in [0, 0.05) is 31.1 Å². The Kier molecular flexibility index (Phi) is 4.09. The van der Waals surface area contributed by atoms with Gasteiger partial charge in [-0.1, -0.05) is 12.1 Å². The first-order valence-corrected chi connectivity index (χ1v) is 7.56. The van der Waals surface area contributed by atoms with Gasteiger partial charge in [-0.25, -0.2) is 8.78 Å². The van der Waals surface area contributed by atoms with E-state index in [9.17, 15) is 18.4 Å². The number of nitrogens with one attached hydrogen (secondary N) is 1. The number of benzene rings is 1. The molecule has 1 aliphatic heterocycles. The van der Waals surface area contributed by atoms with Crippen molar-refractivity contribution in [1.29, 1.82) is 0 Å². The Morgan fingerprint density at radius 2 is 2.05 bits per heavy atom. The Labute approximate surface area is 127 Å². The van der Waals surface area contributed by atoms with Crippen molar-refractivity contribution in [3.05, 3.63) is 35.4 Å². The van der Waals surface area contributed by atoms with Crippen LogP contribution in [-0.4, -0.2) is 29.3 Å².